The van der Waals surface area contributed by atoms with Crippen molar-refractivity contribution >= 4 is 0 Å². The van der Waals surface area contributed by atoms with Crippen LogP contribution < -0.4 is 5.32 Å². The summed E-state index contributed by atoms with van der Waals surface area (Å²) in [5, 5.41) is 17.4. The molecule has 1 aromatic heterocycles. The fourth-order valence-electron chi connectivity index (χ4n) is 2.72. The number of hydrogen-bond donors (Lipinski definition) is 2. The molecule has 2 heterocycles. The molecule has 0 saturated carbocycles. The van der Waals surface area contributed by atoms with Crippen molar-refractivity contribution in [2.75, 3.05) is 26.2 Å². The highest BCUT2D eigenvalue weighted by Crippen LogP contribution is 2.12. The van der Waals surface area contributed by atoms with Crippen molar-refractivity contribution in [3.05, 3.63) is 18.0 Å². The maximum atomic E-state index is 9.23. The Balaban J connectivity index is 1.90. The molecule has 0 radical (unpaired) electrons. The Morgan fingerprint density at radius 1 is 1.60 bits per heavy atom. The van der Waals surface area contributed by atoms with Crippen LogP contribution in [0.2, 0.25) is 0 Å². The van der Waals surface area contributed by atoms with Crippen molar-refractivity contribution < 1.29 is 5.11 Å². The molecule has 1 aliphatic rings. The van der Waals surface area contributed by atoms with Gasteiger partial charge in [-0.15, -0.1) is 0 Å². The van der Waals surface area contributed by atoms with Crippen LogP contribution in [0, 0.1) is 0 Å². The molecule has 1 saturated heterocycles. The largest absolute Gasteiger partial charge is 0.395 e. The van der Waals surface area contributed by atoms with Crippen LogP contribution >= 0.6 is 0 Å². The third-order valence-electron chi connectivity index (χ3n) is 4.15. The average Bonchev–Trinajstić information content (AvgIpc) is 3.10. The van der Waals surface area contributed by atoms with Gasteiger partial charge in [0.25, 0.3) is 0 Å². The molecule has 1 aromatic rings. The average molecular weight is 280 g/mol. The van der Waals surface area contributed by atoms with Gasteiger partial charge >= 0.3 is 0 Å². The van der Waals surface area contributed by atoms with E-state index in [2.05, 4.69) is 41.4 Å². The van der Waals surface area contributed by atoms with Gasteiger partial charge in [-0.25, -0.2) is 0 Å². The number of rotatable bonds is 8. The van der Waals surface area contributed by atoms with Gasteiger partial charge in [-0.3, -0.25) is 9.58 Å². The lowest BCUT2D eigenvalue weighted by molar-refractivity contribution is 0.177. The van der Waals surface area contributed by atoms with E-state index in [0.29, 0.717) is 18.6 Å². The Bertz CT molecular complexity index is 387. The molecule has 114 valence electrons. The summed E-state index contributed by atoms with van der Waals surface area (Å²) in [5.41, 5.74) is 1.09. The molecule has 0 aliphatic carbocycles. The number of aliphatic hydroxyl groups excluding tert-OH is 1. The number of nitrogens with zero attached hydrogens (tertiary/aromatic N) is 3. The summed E-state index contributed by atoms with van der Waals surface area (Å²) in [4.78, 5) is 2.30. The standard InChI is InChI=1S/C15H28N4O/c1-3-13(2)19-8-6-15(17-19)12-18(9-10-20)11-14-5-4-7-16-14/h6,8,13-14,16,20H,3-5,7,9-12H2,1-2H3. The first-order valence-electron chi connectivity index (χ1n) is 7.83. The van der Waals surface area contributed by atoms with Crippen LogP contribution in [0.4, 0.5) is 0 Å². The first kappa shape index (κ1) is 15.5. The molecule has 5 heteroatoms. The monoisotopic (exact) mass is 280 g/mol. The molecule has 0 bridgehead atoms. The van der Waals surface area contributed by atoms with Crippen molar-refractivity contribution in [3.63, 3.8) is 0 Å². The molecule has 0 amide bonds. The maximum absolute atomic E-state index is 9.23. The van der Waals surface area contributed by atoms with Crippen molar-refractivity contribution in [1.82, 2.24) is 20.0 Å². The van der Waals surface area contributed by atoms with Gasteiger partial charge in [-0.1, -0.05) is 6.92 Å². The Morgan fingerprint density at radius 2 is 2.45 bits per heavy atom. The molecule has 5 nitrogen and oxygen atoms in total. The summed E-state index contributed by atoms with van der Waals surface area (Å²) in [5.74, 6) is 0. The third kappa shape index (κ3) is 4.30. The van der Waals surface area contributed by atoms with E-state index in [-0.39, 0.29) is 6.61 Å². The van der Waals surface area contributed by atoms with Crippen LogP contribution in [0.3, 0.4) is 0 Å². The SMILES string of the molecule is CCC(C)n1ccc(CN(CCO)CC2CCCN2)n1. The number of nitrogens with one attached hydrogen (secondary N) is 1. The lowest BCUT2D eigenvalue weighted by atomic mass is 10.2. The zero-order valence-corrected chi connectivity index (χ0v) is 12.8. The Hall–Kier alpha value is -0.910. The van der Waals surface area contributed by atoms with Gasteiger partial charge in [0.15, 0.2) is 0 Å². The van der Waals surface area contributed by atoms with Crippen molar-refractivity contribution in [1.29, 1.82) is 0 Å². The number of aliphatic hydroxyl groups is 1. The second-order valence-corrected chi connectivity index (χ2v) is 5.80. The van der Waals surface area contributed by atoms with Crippen LogP contribution in [-0.2, 0) is 6.54 Å². The van der Waals surface area contributed by atoms with E-state index >= 15 is 0 Å². The van der Waals surface area contributed by atoms with Crippen LogP contribution in [-0.4, -0.2) is 52.1 Å². The lowest BCUT2D eigenvalue weighted by Gasteiger charge is -2.24. The maximum Gasteiger partial charge on any atom is 0.0764 e. The number of hydrogen-bond acceptors (Lipinski definition) is 4. The van der Waals surface area contributed by atoms with Gasteiger partial charge in [0, 0.05) is 37.9 Å². The van der Waals surface area contributed by atoms with E-state index in [1.807, 2.05) is 4.68 Å². The highest BCUT2D eigenvalue weighted by atomic mass is 16.3. The molecule has 2 N–H and O–H groups in total. The van der Waals surface area contributed by atoms with E-state index in [1.54, 1.807) is 0 Å². The molecule has 1 aliphatic heterocycles. The van der Waals surface area contributed by atoms with E-state index in [9.17, 15) is 5.11 Å². The smallest absolute Gasteiger partial charge is 0.0764 e. The van der Waals surface area contributed by atoms with Crippen LogP contribution in [0.15, 0.2) is 12.3 Å². The zero-order valence-electron chi connectivity index (χ0n) is 12.8. The molecule has 2 atom stereocenters. The molecule has 0 aromatic carbocycles. The van der Waals surface area contributed by atoms with Crippen LogP contribution in [0.25, 0.3) is 0 Å². The first-order valence-corrected chi connectivity index (χ1v) is 7.83. The van der Waals surface area contributed by atoms with Gasteiger partial charge < -0.3 is 10.4 Å². The summed E-state index contributed by atoms with van der Waals surface area (Å²) in [7, 11) is 0. The second-order valence-electron chi connectivity index (χ2n) is 5.80. The van der Waals surface area contributed by atoms with E-state index < -0.39 is 0 Å². The molecule has 2 unspecified atom stereocenters. The van der Waals surface area contributed by atoms with Gasteiger partial charge in [0.1, 0.15) is 0 Å². The number of aromatic nitrogens is 2. The van der Waals surface area contributed by atoms with Gasteiger partial charge in [0.05, 0.1) is 12.3 Å². The minimum Gasteiger partial charge on any atom is -0.395 e. The molecule has 1 fully saturated rings. The topological polar surface area (TPSA) is 53.3 Å². The Labute approximate surface area is 122 Å². The first-order chi connectivity index (χ1) is 9.72. The highest BCUT2D eigenvalue weighted by Gasteiger charge is 2.18. The minimum absolute atomic E-state index is 0.207. The van der Waals surface area contributed by atoms with Gasteiger partial charge in [0.2, 0.25) is 0 Å². The quantitative estimate of drug-likeness (QED) is 0.756. The molecular weight excluding hydrogens is 252 g/mol. The second kappa shape index (κ2) is 7.76. The van der Waals surface area contributed by atoms with Crippen molar-refractivity contribution in [2.24, 2.45) is 0 Å². The summed E-state index contributed by atoms with van der Waals surface area (Å²) < 4.78 is 2.04. The highest BCUT2D eigenvalue weighted by molar-refractivity contribution is 5.00. The lowest BCUT2D eigenvalue weighted by Crippen LogP contribution is -2.38. The summed E-state index contributed by atoms with van der Waals surface area (Å²) >= 11 is 0. The Morgan fingerprint density at radius 3 is 3.10 bits per heavy atom. The summed E-state index contributed by atoms with van der Waals surface area (Å²) in [6.07, 6.45) is 5.66. The fourth-order valence-corrected chi connectivity index (χ4v) is 2.72. The van der Waals surface area contributed by atoms with E-state index in [1.165, 1.54) is 12.8 Å². The summed E-state index contributed by atoms with van der Waals surface area (Å²) in [6, 6.07) is 3.11. The molecule has 0 spiro atoms. The molecule has 2 rings (SSSR count). The fraction of sp³-hybridized carbons (Fsp3) is 0.800. The van der Waals surface area contributed by atoms with E-state index in [4.69, 9.17) is 0 Å². The van der Waals surface area contributed by atoms with Crippen LogP contribution in [0.1, 0.15) is 44.8 Å². The third-order valence-corrected chi connectivity index (χ3v) is 4.15. The normalized spacial score (nSPS) is 20.7. The predicted molar refractivity (Wildman–Crippen MR) is 80.6 cm³/mol. The van der Waals surface area contributed by atoms with E-state index in [0.717, 1.165) is 31.7 Å². The Kier molecular flexibility index (Phi) is 6.01. The molecular formula is C15H28N4O. The predicted octanol–water partition coefficient (Wildman–Crippen LogP) is 1.40. The zero-order chi connectivity index (χ0) is 14.4. The minimum atomic E-state index is 0.207. The molecule has 20 heavy (non-hydrogen) atoms. The van der Waals surface area contributed by atoms with Crippen LogP contribution in [0.5, 0.6) is 0 Å². The van der Waals surface area contributed by atoms with Gasteiger partial charge in [-0.05, 0) is 38.8 Å². The summed E-state index contributed by atoms with van der Waals surface area (Å²) in [6.45, 7) is 8.23. The van der Waals surface area contributed by atoms with Gasteiger partial charge in [-0.2, -0.15) is 5.10 Å². The van der Waals surface area contributed by atoms with Crippen molar-refractivity contribution in [3.8, 4) is 0 Å². The van der Waals surface area contributed by atoms with Crippen molar-refractivity contribution in [2.45, 2.75) is 51.7 Å².